The fourth-order valence-electron chi connectivity index (χ4n) is 6.33. The van der Waals surface area contributed by atoms with Crippen LogP contribution in [0.1, 0.15) is 56.9 Å². The highest BCUT2D eigenvalue weighted by Crippen LogP contribution is 2.43. The second-order valence-electron chi connectivity index (χ2n) is 10.9. The second-order valence-corrected chi connectivity index (χ2v) is 10.9. The van der Waals surface area contributed by atoms with Crippen LogP contribution in [0.2, 0.25) is 0 Å². The Kier molecular flexibility index (Phi) is 5.67. The molecule has 0 N–H and O–H groups in total. The maximum Gasteiger partial charge on any atom is 0.216 e. The maximum atomic E-state index is 15.6. The lowest BCUT2D eigenvalue weighted by Gasteiger charge is -2.29. The molecular weight excluding hydrogens is 493 g/mol. The molecule has 6 aromatic rings. The van der Waals surface area contributed by atoms with Crippen molar-refractivity contribution in [2.45, 2.75) is 44.4 Å². The van der Waals surface area contributed by atoms with Crippen LogP contribution < -0.4 is 4.57 Å². The van der Waals surface area contributed by atoms with Gasteiger partial charge < -0.3 is 4.42 Å². The van der Waals surface area contributed by atoms with Gasteiger partial charge in [-0.25, -0.2) is 8.96 Å². The lowest BCUT2D eigenvalue weighted by Crippen LogP contribution is -2.30. The molecule has 0 atom stereocenters. The molecule has 0 aliphatic heterocycles. The molecule has 0 saturated heterocycles. The van der Waals surface area contributed by atoms with E-state index in [-0.39, 0.29) is 5.82 Å². The Morgan fingerprint density at radius 2 is 1.30 bits per heavy atom. The highest BCUT2D eigenvalue weighted by Gasteiger charge is 2.25. The quantitative estimate of drug-likeness (QED) is 0.208. The molecule has 0 unspecified atom stereocenters. The number of halogens is 1. The maximum absolute atomic E-state index is 15.6. The number of aryl methyl sites for hydroxylation is 2. The molecule has 2 heterocycles. The molecule has 3 heteroatoms. The number of furan rings is 1. The average Bonchev–Trinajstić information content (AvgIpc) is 3.38. The summed E-state index contributed by atoms with van der Waals surface area (Å²) in [5.41, 5.74) is 7.50. The minimum atomic E-state index is -0.764. The number of fused-ring (bicyclic) bond motifs is 3. The van der Waals surface area contributed by atoms with E-state index in [4.69, 9.17) is 5.79 Å². The summed E-state index contributed by atoms with van der Waals surface area (Å²) in [5, 5.41) is 1.83. The van der Waals surface area contributed by atoms with Crippen molar-refractivity contribution in [3.8, 4) is 22.4 Å². The molecule has 2 nitrogen and oxygen atoms in total. The van der Waals surface area contributed by atoms with Gasteiger partial charge in [0, 0.05) is 25.6 Å². The van der Waals surface area contributed by atoms with E-state index in [2.05, 4.69) is 29.7 Å². The van der Waals surface area contributed by atoms with Crippen LogP contribution in [0, 0.1) is 12.7 Å². The van der Waals surface area contributed by atoms with Crippen molar-refractivity contribution in [3.63, 3.8) is 0 Å². The predicted octanol–water partition coefficient (Wildman–Crippen LogP) is 9.63. The third kappa shape index (κ3) is 4.21. The average molecular weight is 529 g/mol. The number of benzene rings is 4. The normalized spacial score (nSPS) is 21.9. The van der Waals surface area contributed by atoms with Gasteiger partial charge >= 0.3 is 0 Å². The van der Waals surface area contributed by atoms with Gasteiger partial charge in [-0.2, -0.15) is 0 Å². The molecule has 0 radical (unpaired) electrons. The van der Waals surface area contributed by atoms with Gasteiger partial charge in [-0.3, -0.25) is 0 Å². The van der Waals surface area contributed by atoms with Crippen LogP contribution in [0.15, 0.2) is 108 Å². The SMILES string of the molecule is [2H]C1(c2ccccc2)CCC([2H])(c2ccc(-c3c(F)ccc4c3oc3c(-c5cccc[n+]5C)c(C)ccc34)cc2)CC1. The zero-order chi connectivity index (χ0) is 29.1. The zero-order valence-corrected chi connectivity index (χ0v) is 22.9. The van der Waals surface area contributed by atoms with Crippen molar-refractivity contribution in [1.82, 2.24) is 0 Å². The van der Waals surface area contributed by atoms with E-state index in [9.17, 15) is 1.37 Å². The van der Waals surface area contributed by atoms with Gasteiger partial charge in [0.15, 0.2) is 6.20 Å². The summed E-state index contributed by atoms with van der Waals surface area (Å²) in [6.45, 7) is 2.07. The van der Waals surface area contributed by atoms with Crippen molar-refractivity contribution in [2.75, 3.05) is 0 Å². The molecular formula is C37H33FNO+. The summed E-state index contributed by atoms with van der Waals surface area (Å²) in [6, 6.07) is 31.3. The van der Waals surface area contributed by atoms with Crippen LogP contribution in [0.4, 0.5) is 4.39 Å². The highest BCUT2D eigenvalue weighted by atomic mass is 19.1. The minimum Gasteiger partial charge on any atom is -0.454 e. The highest BCUT2D eigenvalue weighted by molar-refractivity contribution is 6.13. The number of hydrogen-bond donors (Lipinski definition) is 0. The Hall–Kier alpha value is -4.24. The van der Waals surface area contributed by atoms with Gasteiger partial charge in [-0.05, 0) is 84.8 Å². The van der Waals surface area contributed by atoms with Crippen LogP contribution >= 0.6 is 0 Å². The lowest BCUT2D eigenvalue weighted by molar-refractivity contribution is -0.660. The number of nitrogens with zero attached hydrogens (tertiary/aromatic N) is 1. The first-order valence-electron chi connectivity index (χ1n) is 15.0. The first kappa shape index (κ1) is 22.6. The van der Waals surface area contributed by atoms with Gasteiger partial charge in [0.05, 0.1) is 11.1 Å². The van der Waals surface area contributed by atoms with E-state index in [1.54, 1.807) is 6.07 Å². The molecule has 1 saturated carbocycles. The summed E-state index contributed by atoms with van der Waals surface area (Å²) in [5.74, 6) is -1.75. The Balaban J connectivity index is 1.27. The summed E-state index contributed by atoms with van der Waals surface area (Å²) in [7, 11) is 2.01. The number of pyridine rings is 1. The Bertz CT molecular complexity index is 1940. The number of rotatable bonds is 4. The monoisotopic (exact) mass is 528 g/mol. The van der Waals surface area contributed by atoms with E-state index in [1.807, 2.05) is 80.0 Å². The molecule has 1 aliphatic carbocycles. The van der Waals surface area contributed by atoms with Crippen LogP contribution in [0.25, 0.3) is 44.3 Å². The summed E-state index contributed by atoms with van der Waals surface area (Å²) in [4.78, 5) is 0. The molecule has 0 bridgehead atoms. The number of hydrogen-bond acceptors (Lipinski definition) is 1. The molecule has 7 rings (SSSR count). The molecule has 40 heavy (non-hydrogen) atoms. The lowest BCUT2D eigenvalue weighted by atomic mass is 9.76. The summed E-state index contributed by atoms with van der Waals surface area (Å²) < 4.78 is 42.5. The third-order valence-corrected chi connectivity index (χ3v) is 8.50. The van der Waals surface area contributed by atoms with E-state index >= 15 is 4.39 Å². The molecule has 0 spiro atoms. The number of aromatic nitrogens is 1. The Labute approximate surface area is 237 Å². The van der Waals surface area contributed by atoms with Gasteiger partial charge in [0.25, 0.3) is 0 Å². The zero-order valence-electron chi connectivity index (χ0n) is 24.9. The van der Waals surface area contributed by atoms with Crippen molar-refractivity contribution in [1.29, 1.82) is 0 Å². The van der Waals surface area contributed by atoms with Gasteiger partial charge in [-0.15, -0.1) is 0 Å². The van der Waals surface area contributed by atoms with Crippen molar-refractivity contribution in [3.05, 3.63) is 126 Å². The Morgan fingerprint density at radius 3 is 1.98 bits per heavy atom. The summed E-state index contributed by atoms with van der Waals surface area (Å²) in [6.07, 6.45) is 4.50. The predicted molar refractivity (Wildman–Crippen MR) is 161 cm³/mol. The smallest absolute Gasteiger partial charge is 0.216 e. The largest absolute Gasteiger partial charge is 0.454 e. The molecule has 1 aliphatic rings. The first-order chi connectivity index (χ1) is 20.3. The molecule has 2 aromatic heterocycles. The molecule has 4 aromatic carbocycles. The third-order valence-electron chi connectivity index (χ3n) is 8.50. The van der Waals surface area contributed by atoms with Crippen LogP contribution in [-0.4, -0.2) is 0 Å². The van der Waals surface area contributed by atoms with Crippen LogP contribution in [-0.2, 0) is 7.05 Å². The summed E-state index contributed by atoms with van der Waals surface area (Å²) >= 11 is 0. The van der Waals surface area contributed by atoms with Gasteiger partial charge in [-0.1, -0.05) is 66.7 Å². The second kappa shape index (κ2) is 10.1. The van der Waals surface area contributed by atoms with Crippen LogP contribution in [0.5, 0.6) is 0 Å². The van der Waals surface area contributed by atoms with Crippen LogP contribution in [0.3, 0.4) is 0 Å². The van der Waals surface area contributed by atoms with Gasteiger partial charge in [0.2, 0.25) is 5.69 Å². The van der Waals surface area contributed by atoms with E-state index in [1.165, 1.54) is 6.07 Å². The fourth-order valence-corrected chi connectivity index (χ4v) is 6.33. The molecule has 1 fully saturated rings. The Morgan fingerprint density at radius 1 is 0.700 bits per heavy atom. The van der Waals surface area contributed by atoms with Gasteiger partial charge in [0.1, 0.15) is 24.0 Å². The molecule has 198 valence electrons. The minimum absolute atomic E-state index is 0.335. The molecule has 0 amide bonds. The van der Waals surface area contributed by atoms with Crippen molar-refractivity contribution < 1.29 is 16.1 Å². The van der Waals surface area contributed by atoms with E-state index < -0.39 is 11.8 Å². The first-order valence-corrected chi connectivity index (χ1v) is 14.0. The van der Waals surface area contributed by atoms with Crippen molar-refractivity contribution >= 4 is 21.9 Å². The van der Waals surface area contributed by atoms with E-state index in [0.717, 1.165) is 49.9 Å². The van der Waals surface area contributed by atoms with Crippen molar-refractivity contribution in [2.24, 2.45) is 7.05 Å². The topological polar surface area (TPSA) is 17.0 Å². The van der Waals surface area contributed by atoms with E-state index in [0.29, 0.717) is 36.8 Å². The standard InChI is InChI=1S/C37H33FNO/c1-24-11-20-30-31-21-22-32(38)35(37(31)40-36(30)34(24)33-10-6-7-23-39(33)2)29-18-16-28(17-19-29)27-14-12-26(13-15-27)25-8-4-3-5-9-25/h3-11,16-23,26-27H,12-15H2,1-2H3/q+1/i26D,27D. The fraction of sp³-hybridized carbons (Fsp3) is 0.216.